The molecule has 0 spiro atoms. The normalized spacial score (nSPS) is 15.7. The lowest BCUT2D eigenvalue weighted by Gasteiger charge is -2.31. The Morgan fingerprint density at radius 1 is 1.33 bits per heavy atom. The SMILES string of the molecule is CC(C)(C)N1Cc2ccc(F)cc2C1=O. The molecule has 2 nitrogen and oxygen atoms in total. The fraction of sp³-hybridized carbons (Fsp3) is 0.417. The van der Waals surface area contributed by atoms with Crippen LogP contribution < -0.4 is 0 Å². The third-order valence-corrected chi connectivity index (χ3v) is 2.69. The van der Waals surface area contributed by atoms with Crippen LogP contribution in [0.1, 0.15) is 36.7 Å². The first-order chi connectivity index (χ1) is 6.89. The van der Waals surface area contributed by atoms with Crippen LogP contribution in [0, 0.1) is 5.82 Å². The maximum absolute atomic E-state index is 13.0. The molecule has 1 aliphatic heterocycles. The standard InChI is InChI=1S/C12H14FNO/c1-12(2,3)14-7-8-4-5-9(13)6-10(8)11(14)15/h4-6H,7H2,1-3H3. The lowest BCUT2D eigenvalue weighted by molar-refractivity contribution is 0.0609. The summed E-state index contributed by atoms with van der Waals surface area (Å²) >= 11 is 0. The number of amides is 1. The van der Waals surface area contributed by atoms with Crippen LogP contribution in [0.4, 0.5) is 4.39 Å². The van der Waals surface area contributed by atoms with Crippen molar-refractivity contribution in [3.8, 4) is 0 Å². The van der Waals surface area contributed by atoms with Crippen LogP contribution in [0.2, 0.25) is 0 Å². The maximum Gasteiger partial charge on any atom is 0.255 e. The molecular formula is C12H14FNO. The summed E-state index contributed by atoms with van der Waals surface area (Å²) in [6.45, 7) is 6.52. The zero-order chi connectivity index (χ0) is 11.2. The minimum Gasteiger partial charge on any atom is -0.329 e. The van der Waals surface area contributed by atoms with Gasteiger partial charge in [0.25, 0.3) is 5.91 Å². The van der Waals surface area contributed by atoms with Gasteiger partial charge in [0.2, 0.25) is 0 Å². The second-order valence-electron chi connectivity index (χ2n) is 4.86. The van der Waals surface area contributed by atoms with Crippen LogP contribution in [-0.2, 0) is 6.54 Å². The summed E-state index contributed by atoms with van der Waals surface area (Å²) < 4.78 is 13.0. The van der Waals surface area contributed by atoms with E-state index in [9.17, 15) is 9.18 Å². The molecule has 1 amide bonds. The van der Waals surface area contributed by atoms with Crippen LogP contribution in [0.25, 0.3) is 0 Å². The van der Waals surface area contributed by atoms with Gasteiger partial charge < -0.3 is 4.90 Å². The van der Waals surface area contributed by atoms with E-state index in [0.29, 0.717) is 12.1 Å². The van der Waals surface area contributed by atoms with Gasteiger partial charge in [-0.2, -0.15) is 0 Å². The molecule has 0 fully saturated rings. The third kappa shape index (κ3) is 1.62. The minimum absolute atomic E-state index is 0.0722. The first-order valence-electron chi connectivity index (χ1n) is 5.00. The molecule has 0 aliphatic carbocycles. The predicted octanol–water partition coefficient (Wildman–Crippen LogP) is 2.58. The molecule has 0 bridgehead atoms. The first-order valence-corrected chi connectivity index (χ1v) is 5.00. The van der Waals surface area contributed by atoms with Gasteiger partial charge in [0.05, 0.1) is 0 Å². The Balaban J connectivity index is 2.42. The van der Waals surface area contributed by atoms with Gasteiger partial charge in [0, 0.05) is 17.6 Å². The molecule has 0 saturated carbocycles. The summed E-state index contributed by atoms with van der Waals surface area (Å²) in [5, 5.41) is 0. The van der Waals surface area contributed by atoms with Gasteiger partial charge >= 0.3 is 0 Å². The van der Waals surface area contributed by atoms with Gasteiger partial charge in [-0.25, -0.2) is 4.39 Å². The van der Waals surface area contributed by atoms with Gasteiger partial charge in [-0.05, 0) is 38.5 Å². The monoisotopic (exact) mass is 207 g/mol. The predicted molar refractivity (Wildman–Crippen MR) is 56.0 cm³/mol. The second-order valence-corrected chi connectivity index (χ2v) is 4.86. The maximum atomic E-state index is 13.0. The Hall–Kier alpha value is -1.38. The fourth-order valence-electron chi connectivity index (χ4n) is 1.81. The number of fused-ring (bicyclic) bond motifs is 1. The number of nitrogens with zero attached hydrogens (tertiary/aromatic N) is 1. The Bertz CT molecular complexity index is 420. The average molecular weight is 207 g/mol. The van der Waals surface area contributed by atoms with Crippen molar-refractivity contribution in [2.45, 2.75) is 32.9 Å². The Morgan fingerprint density at radius 2 is 2.00 bits per heavy atom. The van der Waals surface area contributed by atoms with Crippen LogP contribution in [0.3, 0.4) is 0 Å². The number of carbonyl (C=O) groups excluding carboxylic acids is 1. The van der Waals surface area contributed by atoms with Crippen molar-refractivity contribution in [2.75, 3.05) is 0 Å². The van der Waals surface area contributed by atoms with Gasteiger partial charge in [-0.3, -0.25) is 4.79 Å². The van der Waals surface area contributed by atoms with Crippen molar-refractivity contribution in [1.29, 1.82) is 0 Å². The molecule has 15 heavy (non-hydrogen) atoms. The van der Waals surface area contributed by atoms with E-state index in [0.717, 1.165) is 5.56 Å². The van der Waals surface area contributed by atoms with Crippen LogP contribution in [0.5, 0.6) is 0 Å². The number of hydrogen-bond acceptors (Lipinski definition) is 1. The molecule has 2 rings (SSSR count). The van der Waals surface area contributed by atoms with E-state index in [1.165, 1.54) is 12.1 Å². The van der Waals surface area contributed by atoms with Crippen molar-refractivity contribution in [3.05, 3.63) is 35.1 Å². The van der Waals surface area contributed by atoms with Gasteiger partial charge in [-0.15, -0.1) is 0 Å². The van der Waals surface area contributed by atoms with Gasteiger partial charge in [0.1, 0.15) is 5.82 Å². The summed E-state index contributed by atoms with van der Waals surface area (Å²) in [4.78, 5) is 13.7. The lowest BCUT2D eigenvalue weighted by Crippen LogP contribution is -2.41. The van der Waals surface area contributed by atoms with Gasteiger partial charge in [-0.1, -0.05) is 6.07 Å². The Kier molecular flexibility index (Phi) is 2.07. The molecule has 0 saturated heterocycles. The van der Waals surface area contributed by atoms with E-state index in [1.54, 1.807) is 11.0 Å². The fourth-order valence-corrected chi connectivity index (χ4v) is 1.81. The van der Waals surface area contributed by atoms with Crippen LogP contribution >= 0.6 is 0 Å². The van der Waals surface area contributed by atoms with Crippen molar-refractivity contribution in [3.63, 3.8) is 0 Å². The topological polar surface area (TPSA) is 20.3 Å². The largest absolute Gasteiger partial charge is 0.329 e. The molecular weight excluding hydrogens is 193 g/mol. The molecule has 0 aromatic heterocycles. The summed E-state index contributed by atoms with van der Waals surface area (Å²) in [5.41, 5.74) is 1.20. The first kappa shape index (κ1) is 10.1. The Labute approximate surface area is 88.7 Å². The Morgan fingerprint density at radius 3 is 2.60 bits per heavy atom. The molecule has 1 aromatic carbocycles. The highest BCUT2D eigenvalue weighted by atomic mass is 19.1. The summed E-state index contributed by atoms with van der Waals surface area (Å²) in [6.07, 6.45) is 0. The molecule has 1 heterocycles. The summed E-state index contributed by atoms with van der Waals surface area (Å²) in [7, 11) is 0. The lowest BCUT2D eigenvalue weighted by atomic mass is 10.1. The summed E-state index contributed by atoms with van der Waals surface area (Å²) in [6, 6.07) is 4.41. The van der Waals surface area contributed by atoms with Gasteiger partial charge in [0.15, 0.2) is 0 Å². The summed E-state index contributed by atoms with van der Waals surface area (Å²) in [5.74, 6) is -0.421. The number of halogens is 1. The van der Waals surface area contributed by atoms with E-state index in [1.807, 2.05) is 20.8 Å². The number of benzene rings is 1. The highest BCUT2D eigenvalue weighted by molar-refractivity contribution is 5.98. The quantitative estimate of drug-likeness (QED) is 0.640. The van der Waals surface area contributed by atoms with E-state index in [4.69, 9.17) is 0 Å². The molecule has 0 atom stereocenters. The van der Waals surface area contributed by atoms with Crippen molar-refractivity contribution < 1.29 is 9.18 Å². The van der Waals surface area contributed by atoms with Crippen LogP contribution in [-0.4, -0.2) is 16.3 Å². The molecule has 0 unspecified atom stereocenters. The molecule has 80 valence electrons. The number of hydrogen-bond donors (Lipinski definition) is 0. The number of carbonyl (C=O) groups is 1. The van der Waals surface area contributed by atoms with Crippen molar-refractivity contribution in [2.24, 2.45) is 0 Å². The van der Waals surface area contributed by atoms with E-state index in [-0.39, 0.29) is 17.3 Å². The molecule has 1 aromatic rings. The highest BCUT2D eigenvalue weighted by Crippen LogP contribution is 2.29. The van der Waals surface area contributed by atoms with E-state index >= 15 is 0 Å². The zero-order valence-electron chi connectivity index (χ0n) is 9.17. The van der Waals surface area contributed by atoms with Crippen molar-refractivity contribution in [1.82, 2.24) is 4.90 Å². The molecule has 3 heteroatoms. The highest BCUT2D eigenvalue weighted by Gasteiger charge is 2.34. The molecule has 1 aliphatic rings. The molecule has 0 N–H and O–H groups in total. The smallest absolute Gasteiger partial charge is 0.255 e. The van der Waals surface area contributed by atoms with Crippen molar-refractivity contribution >= 4 is 5.91 Å². The second kappa shape index (κ2) is 3.05. The van der Waals surface area contributed by atoms with Crippen LogP contribution in [0.15, 0.2) is 18.2 Å². The molecule has 0 radical (unpaired) electrons. The van der Waals surface area contributed by atoms with E-state index < -0.39 is 0 Å². The minimum atomic E-state index is -0.349. The average Bonchev–Trinajstić information content (AvgIpc) is 2.43. The third-order valence-electron chi connectivity index (χ3n) is 2.69. The van der Waals surface area contributed by atoms with E-state index in [2.05, 4.69) is 0 Å². The number of rotatable bonds is 0. The zero-order valence-corrected chi connectivity index (χ0v) is 9.17.